The monoisotopic (exact) mass is 342 g/mol. The Morgan fingerprint density at radius 3 is 2.88 bits per heavy atom. The quantitative estimate of drug-likeness (QED) is 0.742. The molecule has 1 fully saturated rings. The first kappa shape index (κ1) is 17.2. The van der Waals surface area contributed by atoms with Crippen LogP contribution in [0.25, 0.3) is 11.3 Å². The van der Waals surface area contributed by atoms with Crippen LogP contribution >= 0.6 is 0 Å². The Hall–Kier alpha value is -2.67. The molecule has 7 nitrogen and oxygen atoms in total. The van der Waals surface area contributed by atoms with E-state index < -0.39 is 5.97 Å². The number of aromatic nitrogens is 2. The minimum Gasteiger partial charge on any atom is -0.493 e. The van der Waals surface area contributed by atoms with E-state index in [1.165, 1.54) is 0 Å². The third kappa shape index (κ3) is 4.24. The van der Waals surface area contributed by atoms with Crippen molar-refractivity contribution in [3.63, 3.8) is 0 Å². The third-order valence-electron chi connectivity index (χ3n) is 4.13. The lowest BCUT2D eigenvalue weighted by molar-refractivity contribution is 0.0692. The maximum atomic E-state index is 11.5. The van der Waals surface area contributed by atoms with Gasteiger partial charge in [-0.3, -0.25) is 0 Å². The first-order valence-corrected chi connectivity index (χ1v) is 8.48. The molecule has 3 N–H and O–H groups in total. The number of carbonyl (C=O) groups is 1. The van der Waals surface area contributed by atoms with Gasteiger partial charge < -0.3 is 20.5 Å². The topological polar surface area (TPSA) is 96.4 Å². The Morgan fingerprint density at radius 2 is 2.16 bits per heavy atom. The highest BCUT2D eigenvalue weighted by Crippen LogP contribution is 2.26. The predicted octanol–water partition coefficient (Wildman–Crippen LogP) is 2.40. The highest BCUT2D eigenvalue weighted by Gasteiger charge is 2.16. The van der Waals surface area contributed by atoms with Crippen LogP contribution in [0.15, 0.2) is 30.5 Å². The zero-order valence-corrected chi connectivity index (χ0v) is 14.2. The van der Waals surface area contributed by atoms with Crippen molar-refractivity contribution in [2.75, 3.05) is 25.0 Å². The van der Waals surface area contributed by atoms with Gasteiger partial charge in [-0.25, -0.2) is 14.8 Å². The molecule has 0 spiro atoms. The van der Waals surface area contributed by atoms with Crippen LogP contribution in [0.5, 0.6) is 5.75 Å². The fourth-order valence-corrected chi connectivity index (χ4v) is 2.88. The summed E-state index contributed by atoms with van der Waals surface area (Å²) in [6.07, 6.45) is 3.74. The summed E-state index contributed by atoms with van der Waals surface area (Å²) in [7, 11) is 0. The van der Waals surface area contributed by atoms with Gasteiger partial charge in [0.15, 0.2) is 0 Å². The van der Waals surface area contributed by atoms with Crippen LogP contribution in [0.1, 0.15) is 30.1 Å². The lowest BCUT2D eigenvalue weighted by Crippen LogP contribution is -2.35. The van der Waals surface area contributed by atoms with Gasteiger partial charge in [-0.15, -0.1) is 0 Å². The number of aromatic carboxylic acids is 1. The molecule has 2 heterocycles. The summed E-state index contributed by atoms with van der Waals surface area (Å²) in [6, 6.07) is 7.20. The number of nitrogens with one attached hydrogen (secondary N) is 2. The second-order valence-corrected chi connectivity index (χ2v) is 5.88. The number of ether oxygens (including phenoxy) is 1. The second kappa shape index (κ2) is 7.94. The number of hydrogen-bond donors (Lipinski definition) is 3. The van der Waals surface area contributed by atoms with Crippen molar-refractivity contribution in [2.45, 2.75) is 25.8 Å². The van der Waals surface area contributed by atoms with E-state index >= 15 is 0 Å². The molecule has 132 valence electrons. The molecule has 0 aliphatic carbocycles. The van der Waals surface area contributed by atoms with E-state index in [0.717, 1.165) is 31.5 Å². The summed E-state index contributed by atoms with van der Waals surface area (Å²) in [5.74, 6) is -0.0940. The van der Waals surface area contributed by atoms with Crippen molar-refractivity contribution in [3.05, 3.63) is 36.0 Å². The van der Waals surface area contributed by atoms with Crippen LogP contribution in [0.2, 0.25) is 0 Å². The summed E-state index contributed by atoms with van der Waals surface area (Å²) in [4.78, 5) is 20.3. The van der Waals surface area contributed by atoms with Gasteiger partial charge in [0.2, 0.25) is 5.95 Å². The maximum absolute atomic E-state index is 11.5. The fraction of sp³-hybridized carbons (Fsp3) is 0.389. The minimum atomic E-state index is -1.02. The number of carboxylic acid groups (broad SMARTS) is 1. The average molecular weight is 342 g/mol. The van der Waals surface area contributed by atoms with Gasteiger partial charge in [-0.1, -0.05) is 0 Å². The highest BCUT2D eigenvalue weighted by atomic mass is 16.5. The molecular formula is C18H22N4O3. The van der Waals surface area contributed by atoms with Gasteiger partial charge in [-0.2, -0.15) is 0 Å². The zero-order valence-electron chi connectivity index (χ0n) is 14.2. The van der Waals surface area contributed by atoms with Gasteiger partial charge in [0.05, 0.1) is 12.3 Å². The molecular weight excluding hydrogens is 320 g/mol. The van der Waals surface area contributed by atoms with E-state index in [4.69, 9.17) is 4.74 Å². The molecule has 0 radical (unpaired) electrons. The van der Waals surface area contributed by atoms with Crippen molar-refractivity contribution in [2.24, 2.45) is 0 Å². The second-order valence-electron chi connectivity index (χ2n) is 5.88. The van der Waals surface area contributed by atoms with Gasteiger partial charge in [0, 0.05) is 17.8 Å². The molecule has 1 saturated heterocycles. The van der Waals surface area contributed by atoms with Crippen molar-refractivity contribution in [3.8, 4) is 17.0 Å². The molecule has 0 unspecified atom stereocenters. The summed E-state index contributed by atoms with van der Waals surface area (Å²) in [6.45, 7) is 4.20. The number of carboxylic acids is 1. The number of nitrogens with zero attached hydrogens (tertiary/aromatic N) is 2. The number of anilines is 1. The van der Waals surface area contributed by atoms with Crippen molar-refractivity contribution in [1.82, 2.24) is 15.3 Å². The summed E-state index contributed by atoms with van der Waals surface area (Å²) >= 11 is 0. The molecule has 1 aliphatic rings. The summed E-state index contributed by atoms with van der Waals surface area (Å²) in [5.41, 5.74) is 1.53. The highest BCUT2D eigenvalue weighted by molar-refractivity contribution is 5.92. The van der Waals surface area contributed by atoms with E-state index in [-0.39, 0.29) is 5.56 Å². The van der Waals surface area contributed by atoms with Crippen LogP contribution in [0, 0.1) is 0 Å². The van der Waals surface area contributed by atoms with Crippen molar-refractivity contribution in [1.29, 1.82) is 0 Å². The van der Waals surface area contributed by atoms with Crippen LogP contribution in [-0.2, 0) is 0 Å². The van der Waals surface area contributed by atoms with Crippen molar-refractivity contribution < 1.29 is 14.6 Å². The van der Waals surface area contributed by atoms with Crippen LogP contribution in [0.4, 0.5) is 5.95 Å². The standard InChI is InChI=1S/C18H22N4O3/c1-2-25-16-4-3-12(11-14(16)17(23)24)15-7-10-20-18(22-15)21-13-5-8-19-9-6-13/h3-4,7,10-11,13,19H,2,5-6,8-9H2,1H3,(H,23,24)(H,20,21,22). The Balaban J connectivity index is 1.84. The molecule has 7 heteroatoms. The Labute approximate surface area is 146 Å². The molecule has 0 amide bonds. The molecule has 0 bridgehead atoms. The SMILES string of the molecule is CCOc1ccc(-c2ccnc(NC3CCNCC3)n2)cc1C(=O)O. The molecule has 1 aromatic heterocycles. The van der Waals surface area contributed by atoms with Gasteiger partial charge in [0.25, 0.3) is 0 Å². The number of benzene rings is 1. The predicted molar refractivity (Wildman–Crippen MR) is 95.1 cm³/mol. The summed E-state index contributed by atoms with van der Waals surface area (Å²) in [5, 5.41) is 16.1. The molecule has 2 aromatic rings. The average Bonchev–Trinajstić information content (AvgIpc) is 2.63. The van der Waals surface area contributed by atoms with Crippen LogP contribution in [-0.4, -0.2) is 46.8 Å². The van der Waals surface area contributed by atoms with Crippen LogP contribution < -0.4 is 15.4 Å². The van der Waals surface area contributed by atoms with Crippen LogP contribution in [0.3, 0.4) is 0 Å². The van der Waals surface area contributed by atoms with E-state index in [0.29, 0.717) is 30.0 Å². The fourth-order valence-electron chi connectivity index (χ4n) is 2.88. The lowest BCUT2D eigenvalue weighted by Gasteiger charge is -2.23. The normalized spacial score (nSPS) is 14.9. The van der Waals surface area contributed by atoms with E-state index in [1.54, 1.807) is 24.4 Å². The summed E-state index contributed by atoms with van der Waals surface area (Å²) < 4.78 is 5.38. The Kier molecular flexibility index (Phi) is 5.45. The van der Waals surface area contributed by atoms with Gasteiger partial charge in [-0.05, 0) is 57.1 Å². The Bertz CT molecular complexity index is 745. The zero-order chi connectivity index (χ0) is 17.6. The molecule has 1 aromatic carbocycles. The maximum Gasteiger partial charge on any atom is 0.339 e. The largest absolute Gasteiger partial charge is 0.493 e. The number of piperidine rings is 1. The minimum absolute atomic E-state index is 0.130. The lowest BCUT2D eigenvalue weighted by atomic mass is 10.1. The first-order chi connectivity index (χ1) is 12.2. The molecule has 0 saturated carbocycles. The molecule has 1 aliphatic heterocycles. The molecule has 0 atom stereocenters. The van der Waals surface area contributed by atoms with E-state index in [9.17, 15) is 9.90 Å². The number of hydrogen-bond acceptors (Lipinski definition) is 6. The molecule has 3 rings (SSSR count). The number of rotatable bonds is 6. The smallest absolute Gasteiger partial charge is 0.339 e. The molecule has 25 heavy (non-hydrogen) atoms. The Morgan fingerprint density at radius 1 is 1.36 bits per heavy atom. The van der Waals surface area contributed by atoms with Gasteiger partial charge >= 0.3 is 5.97 Å². The third-order valence-corrected chi connectivity index (χ3v) is 4.13. The van der Waals surface area contributed by atoms with Crippen molar-refractivity contribution >= 4 is 11.9 Å². The van der Waals surface area contributed by atoms with Gasteiger partial charge in [0.1, 0.15) is 11.3 Å². The van der Waals surface area contributed by atoms with E-state index in [2.05, 4.69) is 20.6 Å². The first-order valence-electron chi connectivity index (χ1n) is 8.48. The van der Waals surface area contributed by atoms with E-state index in [1.807, 2.05) is 13.0 Å².